The Bertz CT molecular complexity index is 1110. The highest BCUT2D eigenvalue weighted by atomic mass is 32.1. The Labute approximate surface area is 174 Å². The van der Waals surface area contributed by atoms with Gasteiger partial charge in [-0.05, 0) is 56.8 Å². The van der Waals surface area contributed by atoms with Crippen LogP contribution < -0.4 is 5.32 Å². The third-order valence-corrected chi connectivity index (χ3v) is 5.37. The van der Waals surface area contributed by atoms with E-state index in [4.69, 9.17) is 16.7 Å². The summed E-state index contributed by atoms with van der Waals surface area (Å²) in [6, 6.07) is 14.0. The van der Waals surface area contributed by atoms with Crippen molar-refractivity contribution in [3.8, 4) is 11.4 Å². The molecule has 5 nitrogen and oxygen atoms in total. The minimum atomic E-state index is -0.383. The summed E-state index contributed by atoms with van der Waals surface area (Å²) in [5.74, 6) is 0.594. The fraction of sp³-hybridized carbons (Fsp3) is 0.227. The van der Waals surface area contributed by atoms with Gasteiger partial charge in [-0.1, -0.05) is 41.1 Å². The molecule has 1 N–H and O–H groups in total. The zero-order chi connectivity index (χ0) is 20.5. The van der Waals surface area contributed by atoms with E-state index >= 15 is 0 Å². The van der Waals surface area contributed by atoms with Gasteiger partial charge in [-0.3, -0.25) is 0 Å². The Morgan fingerprint density at radius 2 is 1.97 bits per heavy atom. The molecule has 3 aromatic rings. The van der Waals surface area contributed by atoms with E-state index < -0.39 is 0 Å². The van der Waals surface area contributed by atoms with Crippen LogP contribution in [0.25, 0.3) is 17.0 Å². The molecule has 4 rings (SSSR count). The maximum absolute atomic E-state index is 13.9. The van der Waals surface area contributed by atoms with Gasteiger partial charge in [0.1, 0.15) is 5.82 Å². The molecular formula is C22H21FN4OS. The lowest BCUT2D eigenvalue weighted by atomic mass is 9.94. The van der Waals surface area contributed by atoms with Crippen molar-refractivity contribution in [1.29, 1.82) is 0 Å². The molecule has 1 unspecified atom stereocenters. The van der Waals surface area contributed by atoms with Crippen molar-refractivity contribution < 1.29 is 8.91 Å². The zero-order valence-electron chi connectivity index (χ0n) is 16.4. The van der Waals surface area contributed by atoms with Gasteiger partial charge in [-0.15, -0.1) is 0 Å². The molecule has 7 heteroatoms. The number of aromatic nitrogens is 2. The Balaban J connectivity index is 1.83. The van der Waals surface area contributed by atoms with Crippen LogP contribution in [-0.2, 0) is 0 Å². The van der Waals surface area contributed by atoms with E-state index in [0.29, 0.717) is 23.4 Å². The number of allylic oxidation sites excluding steroid dienone is 1. The van der Waals surface area contributed by atoms with Crippen LogP contribution in [0.1, 0.15) is 36.9 Å². The number of nitrogens with one attached hydrogen (secondary N) is 1. The largest absolute Gasteiger partial charge is 0.351 e. The van der Waals surface area contributed by atoms with Gasteiger partial charge in [0.25, 0.3) is 5.89 Å². The van der Waals surface area contributed by atoms with Crippen LogP contribution in [0, 0.1) is 12.7 Å². The lowest BCUT2D eigenvalue weighted by Crippen LogP contribution is -2.45. The molecule has 1 aliphatic heterocycles. The number of rotatable bonds is 4. The Morgan fingerprint density at radius 3 is 2.69 bits per heavy atom. The van der Waals surface area contributed by atoms with Gasteiger partial charge in [-0.25, -0.2) is 4.39 Å². The van der Waals surface area contributed by atoms with Crippen LogP contribution in [0.3, 0.4) is 0 Å². The zero-order valence-corrected chi connectivity index (χ0v) is 17.3. The highest BCUT2D eigenvalue weighted by Crippen LogP contribution is 2.37. The van der Waals surface area contributed by atoms with Gasteiger partial charge in [0, 0.05) is 17.8 Å². The molecule has 0 bridgehead atoms. The fourth-order valence-corrected chi connectivity index (χ4v) is 3.99. The average molecular weight is 409 g/mol. The first-order valence-corrected chi connectivity index (χ1v) is 9.84. The predicted molar refractivity (Wildman–Crippen MR) is 114 cm³/mol. The van der Waals surface area contributed by atoms with E-state index in [1.165, 1.54) is 12.1 Å². The van der Waals surface area contributed by atoms with E-state index in [9.17, 15) is 4.39 Å². The van der Waals surface area contributed by atoms with Gasteiger partial charge in [0.15, 0.2) is 5.11 Å². The maximum Gasteiger partial charge on any atom is 0.258 e. The second-order valence-corrected chi connectivity index (χ2v) is 7.36. The topological polar surface area (TPSA) is 54.2 Å². The molecule has 1 atom stereocenters. The summed E-state index contributed by atoms with van der Waals surface area (Å²) in [4.78, 5) is 6.62. The molecule has 1 aromatic heterocycles. The first kappa shape index (κ1) is 19.3. The van der Waals surface area contributed by atoms with Crippen molar-refractivity contribution in [2.45, 2.75) is 26.8 Å². The van der Waals surface area contributed by atoms with E-state index in [1.807, 2.05) is 56.0 Å². The highest BCUT2D eigenvalue weighted by Gasteiger charge is 2.33. The van der Waals surface area contributed by atoms with E-state index in [0.717, 1.165) is 28.0 Å². The molecule has 2 heterocycles. The van der Waals surface area contributed by atoms with Gasteiger partial charge in [0.05, 0.1) is 11.6 Å². The summed E-state index contributed by atoms with van der Waals surface area (Å²) in [6.07, 6.45) is 0. The highest BCUT2D eigenvalue weighted by molar-refractivity contribution is 7.80. The molecule has 148 valence electrons. The summed E-state index contributed by atoms with van der Waals surface area (Å²) in [7, 11) is 0. The van der Waals surface area contributed by atoms with Crippen LogP contribution in [0.2, 0.25) is 0 Å². The third-order valence-electron chi connectivity index (χ3n) is 5.03. The number of benzene rings is 2. The SMILES string of the molecule is CCN1C(=S)NC(c2cccc(F)c2)C(c2nc(-c3cccc(C)c3)no2)=C1C. The van der Waals surface area contributed by atoms with Crippen molar-refractivity contribution >= 4 is 22.9 Å². The van der Waals surface area contributed by atoms with Crippen molar-refractivity contribution in [2.24, 2.45) is 0 Å². The second kappa shape index (κ2) is 7.75. The van der Waals surface area contributed by atoms with E-state index in [1.54, 1.807) is 6.07 Å². The van der Waals surface area contributed by atoms with Gasteiger partial charge >= 0.3 is 0 Å². The monoisotopic (exact) mass is 408 g/mol. The molecule has 0 amide bonds. The second-order valence-electron chi connectivity index (χ2n) is 6.97. The van der Waals surface area contributed by atoms with Crippen molar-refractivity contribution in [3.63, 3.8) is 0 Å². The van der Waals surface area contributed by atoms with Gasteiger partial charge in [-0.2, -0.15) is 4.98 Å². The van der Waals surface area contributed by atoms with Crippen molar-refractivity contribution in [2.75, 3.05) is 6.54 Å². The molecule has 0 aliphatic carbocycles. The Kier molecular flexibility index (Phi) is 5.15. The number of thiocarbonyl (C=S) groups is 1. The lowest BCUT2D eigenvalue weighted by Gasteiger charge is -2.36. The maximum atomic E-state index is 13.9. The smallest absolute Gasteiger partial charge is 0.258 e. The molecule has 0 spiro atoms. The molecule has 0 saturated carbocycles. The van der Waals surface area contributed by atoms with Gasteiger partial charge in [0.2, 0.25) is 5.82 Å². The molecule has 2 aromatic carbocycles. The summed E-state index contributed by atoms with van der Waals surface area (Å²) in [6.45, 7) is 6.69. The van der Waals surface area contributed by atoms with Crippen LogP contribution >= 0.6 is 12.2 Å². The molecular weight excluding hydrogens is 387 g/mol. The molecule has 0 fully saturated rings. The summed E-state index contributed by atoms with van der Waals surface area (Å²) < 4.78 is 19.6. The number of halogens is 1. The molecule has 0 radical (unpaired) electrons. The summed E-state index contributed by atoms with van der Waals surface area (Å²) in [5.41, 5.74) is 4.44. The first-order valence-electron chi connectivity index (χ1n) is 9.43. The van der Waals surface area contributed by atoms with Crippen molar-refractivity contribution in [3.05, 3.63) is 77.1 Å². The normalized spacial score (nSPS) is 16.9. The Morgan fingerprint density at radius 1 is 1.17 bits per heavy atom. The lowest BCUT2D eigenvalue weighted by molar-refractivity contribution is 0.398. The predicted octanol–water partition coefficient (Wildman–Crippen LogP) is 4.87. The minimum absolute atomic E-state index is 0.309. The number of nitrogens with zero attached hydrogens (tertiary/aromatic N) is 3. The van der Waals surface area contributed by atoms with Crippen molar-refractivity contribution in [1.82, 2.24) is 20.4 Å². The molecule has 0 saturated heterocycles. The number of hydrogen-bond donors (Lipinski definition) is 1. The standard InChI is InChI=1S/C22H21FN4OS/c1-4-27-14(3)18(19(24-22(27)29)15-8-6-10-17(23)12-15)21-25-20(26-28-21)16-9-5-7-13(2)11-16/h5-12,19H,4H2,1-3H3,(H,24,29). The fourth-order valence-electron chi connectivity index (χ4n) is 3.61. The molecule has 29 heavy (non-hydrogen) atoms. The Hall–Kier alpha value is -3.06. The van der Waals surface area contributed by atoms with Crippen LogP contribution in [0.5, 0.6) is 0 Å². The summed E-state index contributed by atoms with van der Waals surface area (Å²) in [5, 5.41) is 8.07. The number of hydrogen-bond acceptors (Lipinski definition) is 4. The quantitative estimate of drug-likeness (QED) is 0.622. The minimum Gasteiger partial charge on any atom is -0.351 e. The first-order chi connectivity index (χ1) is 14.0. The third kappa shape index (κ3) is 3.65. The van der Waals surface area contributed by atoms with E-state index in [-0.39, 0.29) is 11.9 Å². The number of aryl methyl sites for hydroxylation is 1. The van der Waals surface area contributed by atoms with Crippen LogP contribution in [0.4, 0.5) is 4.39 Å². The summed E-state index contributed by atoms with van der Waals surface area (Å²) >= 11 is 5.53. The van der Waals surface area contributed by atoms with Crippen LogP contribution in [0.15, 0.2) is 58.8 Å². The van der Waals surface area contributed by atoms with E-state index in [2.05, 4.69) is 15.5 Å². The van der Waals surface area contributed by atoms with Gasteiger partial charge < -0.3 is 14.7 Å². The van der Waals surface area contributed by atoms with Crippen LogP contribution in [-0.4, -0.2) is 26.7 Å². The molecule has 1 aliphatic rings. The average Bonchev–Trinajstić information content (AvgIpc) is 3.17.